The van der Waals surface area contributed by atoms with Gasteiger partial charge in [0, 0.05) is 25.2 Å². The molecular weight excluding hydrogens is 657 g/mol. The Morgan fingerprint density at radius 3 is 1.91 bits per heavy atom. The van der Waals surface area contributed by atoms with E-state index in [2.05, 4.69) is 33.0 Å². The van der Waals surface area contributed by atoms with E-state index in [-0.39, 0.29) is 5.41 Å². The van der Waals surface area contributed by atoms with Gasteiger partial charge < -0.3 is 36.7 Å². The van der Waals surface area contributed by atoms with Crippen LogP contribution in [0.5, 0.6) is 0 Å². The predicted molar refractivity (Wildman–Crippen MR) is 224 cm³/mol. The van der Waals surface area contributed by atoms with Crippen molar-refractivity contribution in [2.75, 3.05) is 52.5 Å². The van der Waals surface area contributed by atoms with Crippen LogP contribution in [0.1, 0.15) is 175 Å². The molecule has 7 nitrogen and oxygen atoms in total. The average Bonchev–Trinajstić information content (AvgIpc) is 3.52. The summed E-state index contributed by atoms with van der Waals surface area (Å²) in [6, 6.07) is 0. The molecule has 0 aromatic carbocycles. The van der Waals surface area contributed by atoms with Gasteiger partial charge in [0.25, 0.3) is 0 Å². The zero-order valence-electron chi connectivity index (χ0n) is 35.6. The van der Waals surface area contributed by atoms with E-state index >= 15 is 0 Å². The van der Waals surface area contributed by atoms with E-state index in [1.807, 2.05) is 0 Å². The van der Waals surface area contributed by atoms with E-state index in [1.54, 1.807) is 0 Å². The molecule has 4 saturated carbocycles. The number of ether oxygens (including phenoxy) is 3. The SMILES string of the molecule is CCCCCCCCCCCCCNCCCC(C)C1CCC2C3C(OCCCN)CC4CC(OCCCN)CCC4(C)C3CC(OCCCN)C12C. The van der Waals surface area contributed by atoms with Crippen LogP contribution in [0.15, 0.2) is 0 Å². The molecule has 7 N–H and O–H groups in total. The molecule has 4 fully saturated rings. The van der Waals surface area contributed by atoms with Gasteiger partial charge in [-0.3, -0.25) is 0 Å². The van der Waals surface area contributed by atoms with Crippen molar-refractivity contribution in [1.82, 2.24) is 5.32 Å². The number of unbranched alkanes of at least 4 members (excludes halogenated alkanes) is 10. The third-order valence-corrected chi connectivity index (χ3v) is 15.5. The minimum absolute atomic E-state index is 0.180. The lowest BCUT2D eigenvalue weighted by atomic mass is 9.43. The van der Waals surface area contributed by atoms with Crippen LogP contribution in [0.25, 0.3) is 0 Å². The Hall–Kier alpha value is -0.280. The molecule has 0 aromatic rings. The molecule has 0 spiro atoms. The molecule has 11 atom stereocenters. The molecule has 0 saturated heterocycles. The highest BCUT2D eigenvalue weighted by Gasteiger charge is 2.66. The van der Waals surface area contributed by atoms with E-state index < -0.39 is 0 Å². The van der Waals surface area contributed by atoms with E-state index in [1.165, 1.54) is 129 Å². The summed E-state index contributed by atoms with van der Waals surface area (Å²) in [5, 5.41) is 3.81. The maximum absolute atomic E-state index is 7.06. The van der Waals surface area contributed by atoms with Crippen LogP contribution < -0.4 is 22.5 Å². The second kappa shape index (κ2) is 24.5. The zero-order chi connectivity index (χ0) is 37.9. The van der Waals surface area contributed by atoms with Gasteiger partial charge in [-0.1, -0.05) is 91.9 Å². The quantitative estimate of drug-likeness (QED) is 0.0564. The van der Waals surface area contributed by atoms with Gasteiger partial charge in [-0.15, -0.1) is 0 Å². The molecule has 0 aromatic heterocycles. The first-order valence-electron chi connectivity index (χ1n) is 23.5. The van der Waals surface area contributed by atoms with Gasteiger partial charge in [0.15, 0.2) is 0 Å². The minimum atomic E-state index is 0.180. The number of rotatable bonds is 29. The standard InChI is InChI=1S/C46H90N4O3/c1-5-6-7-8-9-10-11-12-13-14-15-28-50-29-16-20-36(2)39-21-22-40-44-41(35-43(46(39,40)4)53-32-19-27-49)45(3)24-23-38(51-30-17-25-47)33-37(45)34-42(44)52-31-18-26-48/h36-44,50H,5-35,47-49H2,1-4H3. The number of hydrogen-bond donors (Lipinski definition) is 4. The summed E-state index contributed by atoms with van der Waals surface area (Å²) in [5.41, 5.74) is 18.3. The van der Waals surface area contributed by atoms with Crippen LogP contribution in [0, 0.1) is 46.3 Å². The summed E-state index contributed by atoms with van der Waals surface area (Å²) in [4.78, 5) is 0. The fourth-order valence-corrected chi connectivity index (χ4v) is 12.4. The van der Waals surface area contributed by atoms with Crippen molar-refractivity contribution in [3.8, 4) is 0 Å². The van der Waals surface area contributed by atoms with Gasteiger partial charge in [-0.25, -0.2) is 0 Å². The Kier molecular flexibility index (Phi) is 21.0. The van der Waals surface area contributed by atoms with Gasteiger partial charge in [-0.2, -0.15) is 0 Å². The maximum Gasteiger partial charge on any atom is 0.0637 e. The molecule has 53 heavy (non-hydrogen) atoms. The Morgan fingerprint density at radius 2 is 1.25 bits per heavy atom. The second-order valence-corrected chi connectivity index (χ2v) is 18.9. The van der Waals surface area contributed by atoms with E-state index in [4.69, 9.17) is 31.4 Å². The van der Waals surface area contributed by atoms with Crippen molar-refractivity contribution in [2.24, 2.45) is 63.5 Å². The fourth-order valence-electron chi connectivity index (χ4n) is 12.4. The van der Waals surface area contributed by atoms with Crippen molar-refractivity contribution < 1.29 is 14.2 Å². The number of nitrogens with one attached hydrogen (secondary N) is 1. The Labute approximate surface area is 328 Å². The number of fused-ring (bicyclic) bond motifs is 5. The molecule has 7 heteroatoms. The summed E-state index contributed by atoms with van der Waals surface area (Å²) in [6.45, 7) is 17.0. The number of nitrogens with two attached hydrogens (primary N) is 3. The summed E-state index contributed by atoms with van der Waals surface area (Å²) in [5.74, 6) is 3.91. The van der Waals surface area contributed by atoms with Crippen molar-refractivity contribution in [1.29, 1.82) is 0 Å². The van der Waals surface area contributed by atoms with Crippen LogP contribution in [-0.4, -0.2) is 70.9 Å². The van der Waals surface area contributed by atoms with Crippen LogP contribution in [0.3, 0.4) is 0 Å². The topological polar surface area (TPSA) is 118 Å². The zero-order valence-corrected chi connectivity index (χ0v) is 35.6. The van der Waals surface area contributed by atoms with Crippen molar-refractivity contribution >= 4 is 0 Å². The molecule has 0 bridgehead atoms. The summed E-state index contributed by atoms with van der Waals surface area (Å²) < 4.78 is 20.4. The first-order chi connectivity index (χ1) is 25.8. The van der Waals surface area contributed by atoms with Crippen LogP contribution in [0.4, 0.5) is 0 Å². The van der Waals surface area contributed by atoms with Crippen LogP contribution in [-0.2, 0) is 14.2 Å². The fraction of sp³-hybridized carbons (Fsp3) is 1.00. The molecule has 4 aliphatic carbocycles. The van der Waals surface area contributed by atoms with E-state index in [9.17, 15) is 0 Å². The average molecular weight is 747 g/mol. The van der Waals surface area contributed by atoms with Gasteiger partial charge in [0.2, 0.25) is 0 Å². The van der Waals surface area contributed by atoms with Gasteiger partial charge in [0.1, 0.15) is 0 Å². The molecule has 0 aliphatic heterocycles. The Bertz CT molecular complexity index is 956. The first-order valence-corrected chi connectivity index (χ1v) is 23.5. The molecule has 4 rings (SSSR count). The molecule has 4 aliphatic rings. The predicted octanol–water partition coefficient (Wildman–Crippen LogP) is 9.38. The van der Waals surface area contributed by atoms with Gasteiger partial charge in [-0.05, 0) is 157 Å². The molecule has 0 radical (unpaired) electrons. The molecule has 11 unspecified atom stereocenters. The van der Waals surface area contributed by atoms with Gasteiger partial charge >= 0.3 is 0 Å². The van der Waals surface area contributed by atoms with E-state index in [0.29, 0.717) is 78.9 Å². The van der Waals surface area contributed by atoms with Crippen molar-refractivity contribution in [3.63, 3.8) is 0 Å². The highest BCUT2D eigenvalue weighted by molar-refractivity contribution is 5.15. The highest BCUT2D eigenvalue weighted by Crippen LogP contribution is 2.69. The van der Waals surface area contributed by atoms with E-state index in [0.717, 1.165) is 52.0 Å². The normalized spacial score (nSPS) is 34.5. The lowest BCUT2D eigenvalue weighted by molar-refractivity contribution is -0.227. The second-order valence-electron chi connectivity index (χ2n) is 18.9. The van der Waals surface area contributed by atoms with Crippen molar-refractivity contribution in [2.45, 2.75) is 194 Å². The summed E-state index contributed by atoms with van der Waals surface area (Å²) in [6.07, 6.45) is 30.5. The Morgan fingerprint density at radius 1 is 0.642 bits per heavy atom. The lowest BCUT2D eigenvalue weighted by Crippen LogP contribution is -2.63. The largest absolute Gasteiger partial charge is 0.378 e. The molecule has 0 amide bonds. The minimum Gasteiger partial charge on any atom is -0.378 e. The molecular formula is C46H90N4O3. The maximum atomic E-state index is 7.06. The Balaban J connectivity index is 1.33. The summed E-state index contributed by atoms with van der Waals surface area (Å²) >= 11 is 0. The highest BCUT2D eigenvalue weighted by atomic mass is 16.5. The summed E-state index contributed by atoms with van der Waals surface area (Å²) in [7, 11) is 0. The smallest absolute Gasteiger partial charge is 0.0637 e. The molecule has 312 valence electrons. The first kappa shape index (κ1) is 45.4. The monoisotopic (exact) mass is 747 g/mol. The lowest BCUT2D eigenvalue weighted by Gasteiger charge is -2.65. The van der Waals surface area contributed by atoms with Crippen molar-refractivity contribution in [3.05, 3.63) is 0 Å². The van der Waals surface area contributed by atoms with Gasteiger partial charge in [0.05, 0.1) is 18.3 Å². The number of hydrogen-bond acceptors (Lipinski definition) is 7. The molecule has 0 heterocycles. The third kappa shape index (κ3) is 12.6. The van der Waals surface area contributed by atoms with Crippen LogP contribution >= 0.6 is 0 Å². The van der Waals surface area contributed by atoms with Crippen LogP contribution in [0.2, 0.25) is 0 Å². The third-order valence-electron chi connectivity index (χ3n) is 15.5.